The number of amides is 1. The predicted molar refractivity (Wildman–Crippen MR) is 127 cm³/mol. The Kier molecular flexibility index (Phi) is 6.56. The molecule has 0 aliphatic carbocycles. The maximum absolute atomic E-state index is 13.2. The molecule has 0 aliphatic rings. The number of para-hydroxylation sites is 1. The van der Waals surface area contributed by atoms with Crippen molar-refractivity contribution in [1.29, 1.82) is 0 Å². The number of carbonyl (C=O) groups is 1. The van der Waals surface area contributed by atoms with E-state index in [9.17, 15) is 17.6 Å². The number of rotatable bonds is 8. The van der Waals surface area contributed by atoms with Crippen LogP contribution in [0.2, 0.25) is 0 Å². The number of hydrogen-bond acceptors (Lipinski definition) is 5. The number of carbonyl (C=O) groups excluding carboxylic acids is 1. The van der Waals surface area contributed by atoms with E-state index in [1.807, 2.05) is 0 Å². The Bertz CT molecular complexity index is 1450. The third kappa shape index (κ3) is 4.89. The van der Waals surface area contributed by atoms with Gasteiger partial charge < -0.3 is 19.4 Å². The van der Waals surface area contributed by atoms with Gasteiger partial charge in [0.2, 0.25) is 5.91 Å². The molecule has 0 spiro atoms. The molecule has 0 saturated heterocycles. The van der Waals surface area contributed by atoms with Crippen LogP contribution in [0.25, 0.3) is 10.9 Å². The van der Waals surface area contributed by atoms with Crippen LogP contribution in [-0.4, -0.2) is 33.1 Å². The minimum atomic E-state index is -3.75. The fourth-order valence-electron chi connectivity index (χ4n) is 3.72. The SMILES string of the molecule is COc1ccc(NC(=O)Cn2cc(S(=O)(=O)Cc3ccc(F)cc3)c3ccccc32)c(OC)c1. The minimum Gasteiger partial charge on any atom is -0.497 e. The molecule has 1 N–H and O–H groups in total. The first kappa shape index (κ1) is 23.3. The number of hydrogen-bond donors (Lipinski definition) is 1. The predicted octanol–water partition coefficient (Wildman–Crippen LogP) is 4.41. The number of aromatic nitrogens is 1. The second kappa shape index (κ2) is 9.56. The van der Waals surface area contributed by atoms with Crippen LogP contribution in [0.1, 0.15) is 5.56 Å². The van der Waals surface area contributed by atoms with Crippen molar-refractivity contribution in [3.63, 3.8) is 0 Å². The van der Waals surface area contributed by atoms with Gasteiger partial charge in [0.05, 0.1) is 30.6 Å². The molecule has 0 aliphatic heterocycles. The molecule has 0 fully saturated rings. The molecule has 0 unspecified atom stereocenters. The Morgan fingerprint density at radius 1 is 1.00 bits per heavy atom. The maximum atomic E-state index is 13.2. The molecule has 176 valence electrons. The number of nitrogens with zero attached hydrogens (tertiary/aromatic N) is 1. The summed E-state index contributed by atoms with van der Waals surface area (Å²) in [5, 5.41) is 3.31. The largest absolute Gasteiger partial charge is 0.497 e. The van der Waals surface area contributed by atoms with Crippen molar-refractivity contribution in [2.24, 2.45) is 0 Å². The summed E-state index contributed by atoms with van der Waals surface area (Å²) in [6.45, 7) is -0.109. The number of nitrogens with one attached hydrogen (secondary N) is 1. The van der Waals surface area contributed by atoms with Crippen molar-refractivity contribution in [2.75, 3.05) is 19.5 Å². The van der Waals surface area contributed by atoms with E-state index in [2.05, 4.69) is 5.32 Å². The highest BCUT2D eigenvalue weighted by molar-refractivity contribution is 7.90. The van der Waals surface area contributed by atoms with Gasteiger partial charge >= 0.3 is 0 Å². The van der Waals surface area contributed by atoms with E-state index in [0.717, 1.165) is 0 Å². The van der Waals surface area contributed by atoms with E-state index >= 15 is 0 Å². The van der Waals surface area contributed by atoms with Crippen LogP contribution in [0, 0.1) is 5.82 Å². The average Bonchev–Trinajstić information content (AvgIpc) is 3.20. The second-order valence-corrected chi connectivity index (χ2v) is 9.60. The van der Waals surface area contributed by atoms with E-state index in [0.29, 0.717) is 33.7 Å². The molecule has 1 heterocycles. The maximum Gasteiger partial charge on any atom is 0.244 e. The minimum absolute atomic E-state index is 0.109. The Morgan fingerprint density at radius 3 is 2.44 bits per heavy atom. The molecule has 1 aromatic heterocycles. The van der Waals surface area contributed by atoms with E-state index in [-0.39, 0.29) is 23.1 Å². The van der Waals surface area contributed by atoms with Crippen LogP contribution in [0.3, 0.4) is 0 Å². The zero-order chi connectivity index (χ0) is 24.3. The fraction of sp³-hybridized carbons (Fsp3) is 0.160. The third-order valence-electron chi connectivity index (χ3n) is 5.35. The standard InChI is InChI=1S/C25H23FN2O5S/c1-32-19-11-12-21(23(13-19)33-2)27-25(29)15-28-14-24(20-5-3-4-6-22(20)28)34(30,31)16-17-7-9-18(26)10-8-17/h3-14H,15-16H2,1-2H3,(H,27,29). The number of ether oxygens (including phenoxy) is 2. The van der Waals surface area contributed by atoms with Crippen LogP contribution in [0.15, 0.2) is 77.8 Å². The van der Waals surface area contributed by atoms with Crippen LogP contribution in [0.5, 0.6) is 11.5 Å². The summed E-state index contributed by atoms with van der Waals surface area (Å²) >= 11 is 0. The Labute approximate surface area is 196 Å². The summed E-state index contributed by atoms with van der Waals surface area (Å²) in [4.78, 5) is 12.9. The lowest BCUT2D eigenvalue weighted by molar-refractivity contribution is -0.116. The first-order valence-electron chi connectivity index (χ1n) is 10.4. The highest BCUT2D eigenvalue weighted by Gasteiger charge is 2.22. The summed E-state index contributed by atoms with van der Waals surface area (Å²) in [6.07, 6.45) is 1.47. The molecule has 9 heteroatoms. The molecule has 7 nitrogen and oxygen atoms in total. The molecular weight excluding hydrogens is 459 g/mol. The molecular formula is C25H23FN2O5S. The molecule has 1 amide bonds. The van der Waals surface area contributed by atoms with Gasteiger partial charge in [-0.05, 0) is 35.9 Å². The first-order valence-corrected chi connectivity index (χ1v) is 12.0. The van der Waals surface area contributed by atoms with Crippen LogP contribution in [0.4, 0.5) is 10.1 Å². The summed E-state index contributed by atoms with van der Waals surface area (Å²) in [5.41, 5.74) is 1.55. The van der Waals surface area contributed by atoms with Crippen LogP contribution >= 0.6 is 0 Å². The van der Waals surface area contributed by atoms with Crippen LogP contribution < -0.4 is 14.8 Å². The zero-order valence-electron chi connectivity index (χ0n) is 18.6. The monoisotopic (exact) mass is 482 g/mol. The van der Waals surface area contributed by atoms with Gasteiger partial charge in [0, 0.05) is 23.2 Å². The lowest BCUT2D eigenvalue weighted by Gasteiger charge is -2.12. The van der Waals surface area contributed by atoms with E-state index in [4.69, 9.17) is 9.47 Å². The average molecular weight is 483 g/mol. The van der Waals surface area contributed by atoms with Gasteiger partial charge in [-0.15, -0.1) is 0 Å². The van der Waals surface area contributed by atoms with Crippen molar-refractivity contribution in [3.8, 4) is 11.5 Å². The normalized spacial score (nSPS) is 11.4. The summed E-state index contributed by atoms with van der Waals surface area (Å²) in [7, 11) is -0.732. The number of benzene rings is 3. The summed E-state index contributed by atoms with van der Waals surface area (Å²) < 4.78 is 51.7. The van der Waals surface area contributed by atoms with Crippen molar-refractivity contribution in [3.05, 3.63) is 84.3 Å². The molecule has 34 heavy (non-hydrogen) atoms. The fourth-order valence-corrected chi connectivity index (χ4v) is 5.30. The van der Waals surface area contributed by atoms with E-state index in [1.165, 1.54) is 44.7 Å². The van der Waals surface area contributed by atoms with E-state index in [1.54, 1.807) is 47.0 Å². The summed E-state index contributed by atoms with van der Waals surface area (Å²) in [6, 6.07) is 17.3. The van der Waals surface area contributed by atoms with Gasteiger partial charge in [-0.3, -0.25) is 4.79 Å². The Morgan fingerprint density at radius 2 is 1.74 bits per heavy atom. The molecule has 4 aromatic rings. The third-order valence-corrected chi connectivity index (χ3v) is 7.06. The summed E-state index contributed by atoms with van der Waals surface area (Å²) in [5.74, 6) is -0.0462. The Balaban J connectivity index is 1.62. The highest BCUT2D eigenvalue weighted by Crippen LogP contribution is 2.30. The lowest BCUT2D eigenvalue weighted by Crippen LogP contribution is -2.18. The number of sulfone groups is 1. The zero-order valence-corrected chi connectivity index (χ0v) is 19.4. The molecule has 0 bridgehead atoms. The number of fused-ring (bicyclic) bond motifs is 1. The van der Waals surface area contributed by atoms with Crippen LogP contribution in [-0.2, 0) is 26.9 Å². The highest BCUT2D eigenvalue weighted by atomic mass is 32.2. The van der Waals surface area contributed by atoms with Gasteiger partial charge in [0.1, 0.15) is 23.9 Å². The molecule has 4 rings (SSSR count). The Hall–Kier alpha value is -3.85. The van der Waals surface area contributed by atoms with Crippen molar-refractivity contribution in [2.45, 2.75) is 17.2 Å². The molecule has 0 atom stereocenters. The molecule has 3 aromatic carbocycles. The van der Waals surface area contributed by atoms with Gasteiger partial charge in [-0.1, -0.05) is 30.3 Å². The van der Waals surface area contributed by atoms with Crippen molar-refractivity contribution in [1.82, 2.24) is 4.57 Å². The van der Waals surface area contributed by atoms with Gasteiger partial charge in [-0.2, -0.15) is 0 Å². The van der Waals surface area contributed by atoms with Gasteiger partial charge in [-0.25, -0.2) is 12.8 Å². The topological polar surface area (TPSA) is 86.6 Å². The van der Waals surface area contributed by atoms with Crippen molar-refractivity contribution < 1.29 is 27.1 Å². The second-order valence-electron chi connectivity index (χ2n) is 7.64. The number of methoxy groups -OCH3 is 2. The quantitative estimate of drug-likeness (QED) is 0.402. The van der Waals surface area contributed by atoms with E-state index < -0.39 is 15.7 Å². The molecule has 0 radical (unpaired) electrons. The first-order chi connectivity index (χ1) is 16.3. The van der Waals surface area contributed by atoms with Crippen molar-refractivity contribution >= 4 is 32.3 Å². The lowest BCUT2D eigenvalue weighted by atomic mass is 10.2. The van der Waals surface area contributed by atoms with Gasteiger partial charge in [0.15, 0.2) is 9.84 Å². The number of anilines is 1. The molecule has 0 saturated carbocycles. The smallest absolute Gasteiger partial charge is 0.244 e. The number of halogens is 1. The van der Waals surface area contributed by atoms with Gasteiger partial charge in [0.25, 0.3) is 0 Å².